The number of nitrogens with zero attached hydrogens (tertiary/aromatic N) is 1. The summed E-state index contributed by atoms with van der Waals surface area (Å²) >= 11 is 0. The second-order valence-electron chi connectivity index (χ2n) is 11.4. The first-order valence-corrected chi connectivity index (χ1v) is 15.5. The first-order chi connectivity index (χ1) is 23.9. The largest absolute Gasteiger partial charge is 0.463 e. The Hall–Kier alpha value is -4.73. The number of rotatable bonds is 13. The van der Waals surface area contributed by atoms with Gasteiger partial charge in [-0.3, -0.25) is 43.2 Å². The SMILES string of the molecule is CC(=O)OC[C@@H]1O[C@H](OC[C@H]2O[C@@H](ON3C(=O)CCC3=O)[C@H](OC(C)=O)[C@@H](OC(C)=O)[C@@H]2OC(C)=O)[C@@H](OC(C)=O)[C@H](OC(C)=O)[C@@H]1OC(C)=O. The summed E-state index contributed by atoms with van der Waals surface area (Å²) in [5, 5.41) is 0.384. The Labute approximate surface area is 290 Å². The van der Waals surface area contributed by atoms with Crippen LogP contribution in [0.25, 0.3) is 0 Å². The Morgan fingerprint density at radius 3 is 1.27 bits per heavy atom. The number of hydrogen-bond donors (Lipinski definition) is 0. The summed E-state index contributed by atoms with van der Waals surface area (Å²) in [6.07, 6.45) is -16.8. The molecule has 0 N–H and O–H groups in total. The average molecular weight is 734 g/mol. The van der Waals surface area contributed by atoms with Crippen LogP contribution in [0.2, 0.25) is 0 Å². The van der Waals surface area contributed by atoms with Crippen LogP contribution < -0.4 is 0 Å². The second kappa shape index (κ2) is 18.0. The Morgan fingerprint density at radius 2 is 0.863 bits per heavy atom. The Kier molecular flexibility index (Phi) is 14.3. The van der Waals surface area contributed by atoms with Gasteiger partial charge in [-0.1, -0.05) is 0 Å². The van der Waals surface area contributed by atoms with E-state index in [1.165, 1.54) is 0 Å². The van der Waals surface area contributed by atoms with Gasteiger partial charge in [0.05, 0.1) is 6.61 Å². The van der Waals surface area contributed by atoms with Gasteiger partial charge in [0, 0.05) is 61.3 Å². The monoisotopic (exact) mass is 733 g/mol. The number of carbonyl (C=O) groups excluding carboxylic acids is 9. The number of esters is 7. The molecule has 21 nitrogen and oxygen atoms in total. The van der Waals surface area contributed by atoms with Crippen LogP contribution in [-0.2, 0) is 95.4 Å². The molecule has 0 radical (unpaired) electrons. The van der Waals surface area contributed by atoms with Gasteiger partial charge in [0.25, 0.3) is 11.8 Å². The van der Waals surface area contributed by atoms with E-state index < -0.39 is 128 Å². The minimum Gasteiger partial charge on any atom is -0.463 e. The fourth-order valence-electron chi connectivity index (χ4n) is 5.36. The average Bonchev–Trinajstić information content (AvgIpc) is 3.31. The lowest BCUT2D eigenvalue weighted by molar-refractivity contribution is -0.357. The Morgan fingerprint density at radius 1 is 0.510 bits per heavy atom. The van der Waals surface area contributed by atoms with Gasteiger partial charge in [-0.2, -0.15) is 5.06 Å². The molecule has 0 spiro atoms. The molecule has 3 fully saturated rings. The molecule has 0 bridgehead atoms. The topological polar surface area (TPSA) is 258 Å². The zero-order chi connectivity index (χ0) is 38.2. The third kappa shape index (κ3) is 11.4. The van der Waals surface area contributed by atoms with Gasteiger partial charge in [-0.05, 0) is 0 Å². The van der Waals surface area contributed by atoms with Gasteiger partial charge in [-0.15, -0.1) is 0 Å². The zero-order valence-electron chi connectivity index (χ0n) is 28.7. The van der Waals surface area contributed by atoms with Crippen LogP contribution in [0.15, 0.2) is 0 Å². The molecule has 3 heterocycles. The molecule has 0 unspecified atom stereocenters. The maximum atomic E-state index is 12.4. The highest BCUT2D eigenvalue weighted by atomic mass is 16.8. The van der Waals surface area contributed by atoms with Crippen LogP contribution in [-0.4, -0.2) is 133 Å². The smallest absolute Gasteiger partial charge is 0.303 e. The van der Waals surface area contributed by atoms with Gasteiger partial charge in [0.1, 0.15) is 18.8 Å². The maximum Gasteiger partial charge on any atom is 0.303 e. The lowest BCUT2D eigenvalue weighted by Gasteiger charge is -2.46. The molecular weight excluding hydrogens is 694 g/mol. The predicted molar refractivity (Wildman–Crippen MR) is 155 cm³/mol. The first kappa shape index (κ1) is 40.7. The lowest BCUT2D eigenvalue weighted by Crippen LogP contribution is -2.65. The molecule has 0 saturated carbocycles. The van der Waals surface area contributed by atoms with E-state index in [2.05, 4.69) is 0 Å². The minimum atomic E-state index is -1.86. The van der Waals surface area contributed by atoms with E-state index in [0.29, 0.717) is 5.06 Å². The molecule has 21 heteroatoms. The number of imide groups is 1. The van der Waals surface area contributed by atoms with E-state index in [4.69, 9.17) is 52.2 Å². The van der Waals surface area contributed by atoms with Gasteiger partial charge < -0.3 is 47.4 Å². The molecule has 3 aliphatic heterocycles. The van der Waals surface area contributed by atoms with E-state index >= 15 is 0 Å². The number of hydroxylamine groups is 2. The molecule has 10 atom stereocenters. The van der Waals surface area contributed by atoms with E-state index in [1.54, 1.807) is 0 Å². The molecule has 0 aromatic heterocycles. The molecular formula is C30H39NO20. The van der Waals surface area contributed by atoms with Crippen molar-refractivity contribution < 1.29 is 95.4 Å². The van der Waals surface area contributed by atoms with E-state index in [-0.39, 0.29) is 12.8 Å². The third-order valence-corrected chi connectivity index (χ3v) is 7.09. The van der Waals surface area contributed by atoms with Crippen molar-refractivity contribution in [3.05, 3.63) is 0 Å². The van der Waals surface area contributed by atoms with Crippen LogP contribution in [0.1, 0.15) is 61.3 Å². The summed E-state index contributed by atoms with van der Waals surface area (Å²) in [4.78, 5) is 115. The molecule has 3 rings (SSSR count). The van der Waals surface area contributed by atoms with Crippen molar-refractivity contribution in [1.82, 2.24) is 5.06 Å². The maximum absolute atomic E-state index is 12.4. The number of hydrogen-bond acceptors (Lipinski definition) is 20. The van der Waals surface area contributed by atoms with Crippen LogP contribution >= 0.6 is 0 Å². The summed E-state index contributed by atoms with van der Waals surface area (Å²) in [5.74, 6) is -7.79. The number of ether oxygens (including phenoxy) is 10. The van der Waals surface area contributed by atoms with E-state index in [0.717, 1.165) is 48.5 Å². The van der Waals surface area contributed by atoms with Crippen LogP contribution in [0, 0.1) is 0 Å². The van der Waals surface area contributed by atoms with Crippen molar-refractivity contribution in [1.29, 1.82) is 0 Å². The van der Waals surface area contributed by atoms with Gasteiger partial charge >= 0.3 is 41.8 Å². The highest BCUT2D eigenvalue weighted by Crippen LogP contribution is 2.34. The van der Waals surface area contributed by atoms with Crippen molar-refractivity contribution in [2.24, 2.45) is 0 Å². The molecule has 0 aromatic rings. The van der Waals surface area contributed by atoms with E-state index in [1.807, 2.05) is 0 Å². The summed E-state index contributed by atoms with van der Waals surface area (Å²) < 4.78 is 55.0. The number of carbonyl (C=O) groups is 9. The molecule has 3 aliphatic rings. The van der Waals surface area contributed by atoms with Crippen molar-refractivity contribution in [3.8, 4) is 0 Å². The molecule has 2 amide bonds. The quantitative estimate of drug-likeness (QED) is 0.121. The van der Waals surface area contributed by atoms with Crippen molar-refractivity contribution >= 4 is 53.6 Å². The normalized spacial score (nSPS) is 30.5. The fourth-order valence-corrected chi connectivity index (χ4v) is 5.36. The van der Waals surface area contributed by atoms with Crippen LogP contribution in [0.4, 0.5) is 0 Å². The Balaban J connectivity index is 2.05. The van der Waals surface area contributed by atoms with Gasteiger partial charge in [-0.25, -0.2) is 4.84 Å². The van der Waals surface area contributed by atoms with Crippen LogP contribution in [0.5, 0.6) is 0 Å². The molecule has 284 valence electrons. The number of amides is 2. The summed E-state index contributed by atoms with van der Waals surface area (Å²) in [7, 11) is 0. The minimum absolute atomic E-state index is 0.206. The highest BCUT2D eigenvalue weighted by Gasteiger charge is 2.56. The zero-order valence-corrected chi connectivity index (χ0v) is 28.7. The summed E-state index contributed by atoms with van der Waals surface area (Å²) in [5.41, 5.74) is 0. The first-order valence-electron chi connectivity index (χ1n) is 15.5. The summed E-state index contributed by atoms with van der Waals surface area (Å²) in [6, 6.07) is 0. The predicted octanol–water partition coefficient (Wildman–Crippen LogP) is -1.31. The molecule has 0 aliphatic carbocycles. The molecule has 0 aromatic carbocycles. The molecule has 3 saturated heterocycles. The Bertz CT molecular complexity index is 1360. The van der Waals surface area contributed by atoms with Crippen molar-refractivity contribution in [3.63, 3.8) is 0 Å². The summed E-state index contributed by atoms with van der Waals surface area (Å²) in [6.45, 7) is 5.85. The van der Waals surface area contributed by atoms with Gasteiger partial charge in [0.15, 0.2) is 42.9 Å². The fraction of sp³-hybridized carbons (Fsp3) is 0.700. The van der Waals surface area contributed by atoms with E-state index in [9.17, 15) is 43.2 Å². The van der Waals surface area contributed by atoms with Gasteiger partial charge in [0.2, 0.25) is 6.29 Å². The highest BCUT2D eigenvalue weighted by molar-refractivity contribution is 6.00. The van der Waals surface area contributed by atoms with Crippen LogP contribution in [0.3, 0.4) is 0 Å². The third-order valence-electron chi connectivity index (χ3n) is 7.09. The van der Waals surface area contributed by atoms with Crippen molar-refractivity contribution in [2.75, 3.05) is 13.2 Å². The van der Waals surface area contributed by atoms with Crippen molar-refractivity contribution in [2.45, 2.75) is 123 Å². The standard InChI is InChI=1S/C30H39NO20/c1-12(32)41-10-19-23(43-13(2)33)25(45-15(4)35)27(47-17(6)37)29(49-19)42-11-20-24(44-14(3)34)26(46-16(5)36)28(48-18(7)38)30(50-20)51-31-21(39)8-9-22(31)40/h19-20,23-30H,8-11H2,1-7H3/t19-,20+,23+,24+,25+,26-,27-,28+,29-,30-/m0/s1. The lowest BCUT2D eigenvalue weighted by atomic mass is 9.97. The molecule has 51 heavy (non-hydrogen) atoms. The second-order valence-corrected chi connectivity index (χ2v) is 11.4.